The van der Waals surface area contributed by atoms with Crippen LogP contribution in [0.2, 0.25) is 0 Å². The molecule has 2 atom stereocenters. The molecule has 9 heteroatoms. The van der Waals surface area contributed by atoms with Gasteiger partial charge in [-0.1, -0.05) is 30.3 Å². The van der Waals surface area contributed by atoms with E-state index in [2.05, 4.69) is 26.0 Å². The van der Waals surface area contributed by atoms with E-state index in [1.54, 1.807) is 0 Å². The van der Waals surface area contributed by atoms with E-state index in [-0.39, 0.29) is 24.1 Å². The predicted octanol–water partition coefficient (Wildman–Crippen LogP) is 6.26. The van der Waals surface area contributed by atoms with Gasteiger partial charge in [0.15, 0.2) is 0 Å². The summed E-state index contributed by atoms with van der Waals surface area (Å²) < 4.78 is 57.7. The van der Waals surface area contributed by atoms with Crippen LogP contribution in [-0.2, 0) is 26.0 Å². The molecule has 7 nitrogen and oxygen atoms in total. The van der Waals surface area contributed by atoms with Gasteiger partial charge in [-0.3, -0.25) is 4.79 Å². The van der Waals surface area contributed by atoms with Crippen LogP contribution in [0, 0.1) is 19.7 Å². The molecule has 0 spiro atoms. The van der Waals surface area contributed by atoms with E-state index in [4.69, 9.17) is 14.2 Å². The number of nitrogens with zero attached hydrogens (tertiary/aromatic N) is 1. The molecule has 2 aliphatic heterocycles. The van der Waals surface area contributed by atoms with Crippen molar-refractivity contribution in [2.45, 2.75) is 51.6 Å². The zero-order valence-corrected chi connectivity index (χ0v) is 25.7. The quantitative estimate of drug-likeness (QED) is 0.296. The fraction of sp³-hybridized carbons (Fsp3) is 0.382. The van der Waals surface area contributed by atoms with Gasteiger partial charge in [0.05, 0.1) is 26.4 Å². The average molecular weight is 606 g/mol. The Hall–Kier alpha value is -3.69. The number of sulfonamides is 1. The van der Waals surface area contributed by atoms with Gasteiger partial charge in [0, 0.05) is 36.2 Å². The maximum Gasteiger partial charge on any atom is 0.306 e. The van der Waals surface area contributed by atoms with Crippen molar-refractivity contribution in [1.29, 1.82) is 0 Å². The number of rotatable bonds is 7. The first-order valence-corrected chi connectivity index (χ1v) is 16.5. The van der Waals surface area contributed by atoms with E-state index >= 15 is 4.39 Å². The van der Waals surface area contributed by atoms with Gasteiger partial charge in [-0.25, -0.2) is 12.8 Å². The monoisotopic (exact) mass is 605 g/mol. The summed E-state index contributed by atoms with van der Waals surface area (Å²) in [6.45, 7) is 5.42. The highest BCUT2D eigenvalue weighted by molar-refractivity contribution is 7.88. The predicted molar refractivity (Wildman–Crippen MR) is 163 cm³/mol. The summed E-state index contributed by atoms with van der Waals surface area (Å²) in [6, 6.07) is 13.3. The summed E-state index contributed by atoms with van der Waals surface area (Å²) in [5.74, 6) is 0.682. The van der Waals surface area contributed by atoms with Crippen molar-refractivity contribution < 1.29 is 31.8 Å². The van der Waals surface area contributed by atoms with Crippen LogP contribution in [0.3, 0.4) is 0 Å². The molecular formula is C34H36FNO6S. The van der Waals surface area contributed by atoms with E-state index in [0.717, 1.165) is 44.5 Å². The fourth-order valence-corrected chi connectivity index (χ4v) is 7.53. The summed E-state index contributed by atoms with van der Waals surface area (Å²) >= 11 is 0. The topological polar surface area (TPSA) is 82.1 Å². The highest BCUT2D eigenvalue weighted by Gasteiger charge is 2.32. The van der Waals surface area contributed by atoms with Gasteiger partial charge < -0.3 is 14.2 Å². The van der Waals surface area contributed by atoms with Crippen molar-refractivity contribution in [1.82, 2.24) is 4.31 Å². The van der Waals surface area contributed by atoms with Crippen molar-refractivity contribution in [2.24, 2.45) is 0 Å². The summed E-state index contributed by atoms with van der Waals surface area (Å²) in [5.41, 5.74) is 9.06. The van der Waals surface area contributed by atoms with Gasteiger partial charge in [-0.15, -0.1) is 0 Å². The standard InChI is InChI=1S/C34H36FNO6S/c1-20-15-23(22-11-13-36(14-12-22)43(4,38)39)16-21(2)33(20)27-7-9-29(35)34-28(27)8-10-30(34)42-25-5-6-26-24(17-32(37)40-3)19-41-31(26)18-25/h5-7,9,11,15-16,18,24,30H,8,10,12-14,17,19H2,1-4H3/t24?,30-/m1/s1. The number of ether oxygens (including phenoxy) is 3. The largest absolute Gasteiger partial charge is 0.492 e. The normalized spacial score (nSPS) is 19.8. The maximum atomic E-state index is 15.4. The minimum Gasteiger partial charge on any atom is -0.492 e. The Morgan fingerprint density at radius 1 is 1.09 bits per heavy atom. The van der Waals surface area contributed by atoms with Crippen LogP contribution in [0.15, 0.2) is 48.5 Å². The number of esters is 1. The molecule has 0 saturated heterocycles. The maximum absolute atomic E-state index is 15.4. The summed E-state index contributed by atoms with van der Waals surface area (Å²) in [5, 5.41) is 0. The molecule has 0 radical (unpaired) electrons. The second kappa shape index (κ2) is 11.4. The highest BCUT2D eigenvalue weighted by Crippen LogP contribution is 2.45. The zero-order valence-electron chi connectivity index (χ0n) is 24.9. The van der Waals surface area contributed by atoms with Gasteiger partial charge >= 0.3 is 5.97 Å². The van der Waals surface area contributed by atoms with Gasteiger partial charge in [0.2, 0.25) is 10.0 Å². The summed E-state index contributed by atoms with van der Waals surface area (Å²) in [6.07, 6.45) is 5.09. The number of halogens is 1. The Morgan fingerprint density at radius 3 is 2.53 bits per heavy atom. The lowest BCUT2D eigenvalue weighted by Crippen LogP contribution is -2.33. The molecule has 0 bridgehead atoms. The third-order valence-electron chi connectivity index (χ3n) is 8.88. The van der Waals surface area contributed by atoms with Crippen molar-refractivity contribution in [3.05, 3.63) is 87.7 Å². The summed E-state index contributed by atoms with van der Waals surface area (Å²) in [7, 11) is -1.83. The Bertz CT molecular complexity index is 1720. The summed E-state index contributed by atoms with van der Waals surface area (Å²) in [4.78, 5) is 11.8. The third kappa shape index (κ3) is 5.68. The molecule has 2 heterocycles. The average Bonchev–Trinajstić information content (AvgIpc) is 3.58. The van der Waals surface area contributed by atoms with Crippen LogP contribution in [0.1, 0.15) is 64.7 Å². The van der Waals surface area contributed by atoms with Crippen LogP contribution in [0.5, 0.6) is 11.5 Å². The van der Waals surface area contributed by atoms with Crippen LogP contribution in [0.25, 0.3) is 16.7 Å². The van der Waals surface area contributed by atoms with Crippen molar-refractivity contribution >= 4 is 21.6 Å². The van der Waals surface area contributed by atoms with Crippen LogP contribution in [-0.4, -0.2) is 51.8 Å². The second-order valence-electron chi connectivity index (χ2n) is 11.7. The molecule has 0 aromatic heterocycles. The molecule has 226 valence electrons. The van der Waals surface area contributed by atoms with E-state index in [1.807, 2.05) is 30.3 Å². The number of fused-ring (bicyclic) bond motifs is 2. The molecule has 3 aliphatic rings. The van der Waals surface area contributed by atoms with Crippen molar-refractivity contribution in [2.75, 3.05) is 33.1 Å². The van der Waals surface area contributed by atoms with E-state index < -0.39 is 16.1 Å². The number of hydrogen-bond acceptors (Lipinski definition) is 6. The number of aryl methyl sites for hydroxylation is 2. The molecule has 0 amide bonds. The smallest absolute Gasteiger partial charge is 0.306 e. The Balaban J connectivity index is 1.25. The van der Waals surface area contributed by atoms with Gasteiger partial charge in [-0.05, 0) is 84.2 Å². The third-order valence-corrected chi connectivity index (χ3v) is 10.1. The lowest BCUT2D eigenvalue weighted by Gasteiger charge is -2.25. The zero-order chi connectivity index (χ0) is 30.5. The van der Waals surface area contributed by atoms with Crippen molar-refractivity contribution in [3.8, 4) is 22.6 Å². The highest BCUT2D eigenvalue weighted by atomic mass is 32.2. The first kappa shape index (κ1) is 29.4. The second-order valence-corrected chi connectivity index (χ2v) is 13.7. The number of hydrogen-bond donors (Lipinski definition) is 0. The molecular weight excluding hydrogens is 569 g/mol. The van der Waals surface area contributed by atoms with E-state index in [9.17, 15) is 13.2 Å². The minimum atomic E-state index is -3.21. The SMILES string of the molecule is COC(=O)CC1COc2cc(O[C@@H]3CCc4c(-c5c(C)cc(C6=CCN(S(C)(=O)=O)CC6)cc5C)ccc(F)c43)ccc21. The fourth-order valence-electron chi connectivity index (χ4n) is 6.76. The first-order chi connectivity index (χ1) is 20.5. The molecule has 6 rings (SSSR count). The van der Waals surface area contributed by atoms with Crippen LogP contribution >= 0.6 is 0 Å². The Morgan fingerprint density at radius 2 is 1.86 bits per heavy atom. The van der Waals surface area contributed by atoms with Gasteiger partial charge in [-0.2, -0.15) is 4.31 Å². The Labute approximate surface area is 252 Å². The number of carbonyl (C=O) groups excluding carboxylic acids is 1. The molecule has 3 aromatic carbocycles. The number of benzene rings is 3. The minimum absolute atomic E-state index is 0.0573. The lowest BCUT2D eigenvalue weighted by molar-refractivity contribution is -0.141. The van der Waals surface area contributed by atoms with Crippen LogP contribution < -0.4 is 9.47 Å². The molecule has 0 N–H and O–H groups in total. The molecule has 1 unspecified atom stereocenters. The van der Waals surface area contributed by atoms with Gasteiger partial charge in [0.25, 0.3) is 0 Å². The van der Waals surface area contributed by atoms with Gasteiger partial charge in [0.1, 0.15) is 23.4 Å². The molecule has 0 saturated carbocycles. The number of methoxy groups -OCH3 is 1. The first-order valence-electron chi connectivity index (χ1n) is 14.6. The van der Waals surface area contributed by atoms with E-state index in [0.29, 0.717) is 56.0 Å². The van der Waals surface area contributed by atoms with Crippen molar-refractivity contribution in [3.63, 3.8) is 0 Å². The number of carbonyl (C=O) groups is 1. The molecule has 0 fully saturated rings. The Kier molecular flexibility index (Phi) is 7.81. The van der Waals surface area contributed by atoms with Crippen LogP contribution in [0.4, 0.5) is 4.39 Å². The van der Waals surface area contributed by atoms with E-state index in [1.165, 1.54) is 23.7 Å². The molecule has 1 aliphatic carbocycles. The molecule has 43 heavy (non-hydrogen) atoms. The lowest BCUT2D eigenvalue weighted by atomic mass is 9.87. The molecule has 3 aromatic rings.